The van der Waals surface area contributed by atoms with Crippen LogP contribution in [0, 0.1) is 0 Å². The molecule has 1 saturated carbocycles. The second-order valence-electron chi connectivity index (χ2n) is 16.6. The van der Waals surface area contributed by atoms with Crippen LogP contribution in [-0.2, 0) is 32.7 Å². The normalized spacial score (nSPS) is 23.0. The van der Waals surface area contributed by atoms with Crippen molar-refractivity contribution < 1.29 is 73.3 Å². The fraction of sp³-hybridized carbons (Fsp3) is 0.714. The molecule has 1 aliphatic carbocycles. The third-order valence-corrected chi connectivity index (χ3v) is 11.7. The molecule has 1 rings (SSSR count). The Morgan fingerprint density at radius 1 is 0.569 bits per heavy atom. The van der Waals surface area contributed by atoms with E-state index < -0.39 is 87.9 Å². The largest absolute Gasteiger partial charge is 0.472 e. The van der Waals surface area contributed by atoms with Gasteiger partial charge >= 0.3 is 19.8 Å². The lowest BCUT2D eigenvalue weighted by molar-refractivity contribution is -0.220. The molecule has 0 spiro atoms. The summed E-state index contributed by atoms with van der Waals surface area (Å²) < 4.78 is 33.4. The van der Waals surface area contributed by atoms with Crippen molar-refractivity contribution in [1.29, 1.82) is 0 Å². The molecule has 0 saturated heterocycles. The standard InChI is InChI=1S/C49H83O15P/c1-3-5-7-8-9-10-11-12-13-14-15-16-17-21-29-35-42(52)61-37-41(38-62-65(59,60)64-49-47(57)45(55)44(54)46(56)48(49)58)63-43(53)36-30-22-19-18-20-26-32-40(51)34-28-24-23-27-33-39(50)31-25-6-4-2/h6,19-20,22-28,33-34,39-41,44-51,54-58H,3-5,7-18,21,29-32,35-38H2,1-2H3,(H,59,60)/b22-19-,24-23-,25-6-,26-20-,33-27+,34-28+/t39-,40+,41+,44?,45-,46+,47+,48+,49?/m0/s1. The second-order valence-corrected chi connectivity index (χ2v) is 18.0. The molecule has 0 aliphatic heterocycles. The van der Waals surface area contributed by atoms with Gasteiger partial charge in [0.05, 0.1) is 18.8 Å². The number of phosphoric acid groups is 1. The smallest absolute Gasteiger partial charge is 0.462 e. The maximum absolute atomic E-state index is 12.8. The molecule has 1 aliphatic rings. The van der Waals surface area contributed by atoms with Crippen LogP contribution in [0.1, 0.15) is 155 Å². The summed E-state index contributed by atoms with van der Waals surface area (Å²) >= 11 is 0. The molecule has 65 heavy (non-hydrogen) atoms. The van der Waals surface area contributed by atoms with Crippen molar-refractivity contribution in [2.75, 3.05) is 13.2 Å². The average molecular weight is 943 g/mol. The van der Waals surface area contributed by atoms with Crippen molar-refractivity contribution in [3.05, 3.63) is 72.9 Å². The molecule has 0 radical (unpaired) electrons. The van der Waals surface area contributed by atoms with Crippen LogP contribution in [0.5, 0.6) is 0 Å². The van der Waals surface area contributed by atoms with Gasteiger partial charge in [0, 0.05) is 12.8 Å². The van der Waals surface area contributed by atoms with Crippen molar-refractivity contribution in [2.24, 2.45) is 0 Å². The summed E-state index contributed by atoms with van der Waals surface area (Å²) in [5, 5.41) is 70.2. The Morgan fingerprint density at radius 2 is 1.05 bits per heavy atom. The number of phosphoric ester groups is 1. The number of aliphatic hydroxyl groups excluding tert-OH is 7. The van der Waals surface area contributed by atoms with E-state index in [1.54, 1.807) is 42.5 Å². The Balaban J connectivity index is 2.56. The minimum absolute atomic E-state index is 0.0866. The third kappa shape index (κ3) is 31.0. The van der Waals surface area contributed by atoms with Gasteiger partial charge in [0.1, 0.15) is 43.2 Å². The van der Waals surface area contributed by atoms with Crippen LogP contribution in [0.15, 0.2) is 72.9 Å². The van der Waals surface area contributed by atoms with E-state index in [1.807, 2.05) is 37.3 Å². The summed E-state index contributed by atoms with van der Waals surface area (Å²) in [5.41, 5.74) is 0. The Kier molecular flexibility index (Phi) is 35.4. The predicted octanol–water partition coefficient (Wildman–Crippen LogP) is 7.44. The Bertz CT molecular complexity index is 1450. The minimum atomic E-state index is -5.17. The quantitative estimate of drug-likeness (QED) is 0.00985. The summed E-state index contributed by atoms with van der Waals surface area (Å²) in [6.07, 6.45) is 27.3. The van der Waals surface area contributed by atoms with Crippen molar-refractivity contribution in [3.8, 4) is 0 Å². The van der Waals surface area contributed by atoms with Crippen LogP contribution in [0.4, 0.5) is 0 Å². The van der Waals surface area contributed by atoms with Crippen molar-refractivity contribution >= 4 is 19.8 Å². The predicted molar refractivity (Wildman–Crippen MR) is 251 cm³/mol. The third-order valence-electron chi connectivity index (χ3n) is 10.7. The van der Waals surface area contributed by atoms with Crippen LogP contribution in [0.3, 0.4) is 0 Å². The van der Waals surface area contributed by atoms with Crippen molar-refractivity contribution in [2.45, 2.75) is 210 Å². The molecule has 15 nitrogen and oxygen atoms in total. The molecule has 0 bridgehead atoms. The highest BCUT2D eigenvalue weighted by Gasteiger charge is 2.51. The van der Waals surface area contributed by atoms with E-state index in [4.69, 9.17) is 18.5 Å². The monoisotopic (exact) mass is 943 g/mol. The van der Waals surface area contributed by atoms with E-state index in [2.05, 4.69) is 6.92 Å². The molecule has 8 N–H and O–H groups in total. The van der Waals surface area contributed by atoms with Crippen LogP contribution in [-0.4, -0.2) is 121 Å². The van der Waals surface area contributed by atoms with Crippen molar-refractivity contribution in [3.63, 3.8) is 0 Å². The molecule has 3 unspecified atom stereocenters. The minimum Gasteiger partial charge on any atom is -0.462 e. The van der Waals surface area contributed by atoms with Crippen LogP contribution in [0.2, 0.25) is 0 Å². The Labute approximate surface area is 388 Å². The van der Waals surface area contributed by atoms with E-state index in [0.717, 1.165) is 32.1 Å². The molecule has 0 aromatic heterocycles. The van der Waals surface area contributed by atoms with E-state index in [1.165, 1.54) is 64.2 Å². The molecule has 0 amide bonds. The molecule has 0 aromatic carbocycles. The zero-order chi connectivity index (χ0) is 48.1. The molecule has 1 fully saturated rings. The van der Waals surface area contributed by atoms with Crippen LogP contribution in [0.25, 0.3) is 0 Å². The summed E-state index contributed by atoms with van der Waals surface area (Å²) in [4.78, 5) is 35.7. The van der Waals surface area contributed by atoms with Gasteiger partial charge in [0.2, 0.25) is 0 Å². The lowest BCUT2D eigenvalue weighted by atomic mass is 9.85. The number of esters is 2. The Morgan fingerprint density at radius 3 is 1.57 bits per heavy atom. The summed E-state index contributed by atoms with van der Waals surface area (Å²) in [6.45, 7) is 2.96. The van der Waals surface area contributed by atoms with E-state index in [9.17, 15) is 54.8 Å². The maximum atomic E-state index is 12.8. The molecule has 0 heterocycles. The van der Waals surface area contributed by atoms with Gasteiger partial charge in [-0.05, 0) is 38.5 Å². The molecule has 16 heteroatoms. The van der Waals surface area contributed by atoms with E-state index in [-0.39, 0.29) is 19.3 Å². The van der Waals surface area contributed by atoms with Gasteiger partial charge in [-0.15, -0.1) is 0 Å². The van der Waals surface area contributed by atoms with E-state index in [0.29, 0.717) is 25.7 Å². The highest BCUT2D eigenvalue weighted by atomic mass is 31.2. The van der Waals surface area contributed by atoms with Crippen LogP contribution < -0.4 is 0 Å². The van der Waals surface area contributed by atoms with Gasteiger partial charge in [-0.3, -0.25) is 18.6 Å². The Hall–Kier alpha value is -2.79. The van der Waals surface area contributed by atoms with Gasteiger partial charge in [-0.2, -0.15) is 0 Å². The summed E-state index contributed by atoms with van der Waals surface area (Å²) in [5.74, 6) is -1.27. The second kappa shape index (κ2) is 38.2. The first-order chi connectivity index (χ1) is 31.2. The van der Waals surface area contributed by atoms with Gasteiger partial charge in [-0.25, -0.2) is 4.57 Å². The van der Waals surface area contributed by atoms with Gasteiger partial charge in [0.15, 0.2) is 6.10 Å². The SMILES string of the molecule is CC/C=C\C[C@H](O)/C=C/C=C\C=C\[C@H](O)C/C=C\C/C=C\CCC(=O)O[C@H](COC(=O)CCCCCCCCCCCCCCCCC)COP(=O)(O)OC1[C@H](O)[C@H](O)C(O)[C@H](O)[C@H]1O. The molecular formula is C49H83O15P. The first kappa shape index (κ1) is 60.2. The fourth-order valence-electron chi connectivity index (χ4n) is 6.84. The zero-order valence-corrected chi connectivity index (χ0v) is 39.9. The van der Waals surface area contributed by atoms with Gasteiger partial charge < -0.3 is 50.1 Å². The first-order valence-electron chi connectivity index (χ1n) is 24.0. The van der Waals surface area contributed by atoms with Crippen molar-refractivity contribution in [1.82, 2.24) is 0 Å². The zero-order valence-electron chi connectivity index (χ0n) is 39.0. The highest BCUT2D eigenvalue weighted by molar-refractivity contribution is 7.47. The number of carbonyl (C=O) groups excluding carboxylic acids is 2. The summed E-state index contributed by atoms with van der Waals surface area (Å²) in [7, 11) is -5.17. The number of allylic oxidation sites excluding steroid dienone is 8. The number of ether oxygens (including phenoxy) is 2. The first-order valence-corrected chi connectivity index (χ1v) is 25.5. The fourth-order valence-corrected chi connectivity index (χ4v) is 7.81. The lowest BCUT2D eigenvalue weighted by Crippen LogP contribution is -2.64. The number of unbranched alkanes of at least 4 members (excludes halogenated alkanes) is 14. The van der Waals surface area contributed by atoms with E-state index >= 15 is 0 Å². The number of carbonyl (C=O) groups is 2. The molecule has 374 valence electrons. The lowest BCUT2D eigenvalue weighted by Gasteiger charge is -2.41. The highest BCUT2D eigenvalue weighted by Crippen LogP contribution is 2.47. The molecular weight excluding hydrogens is 859 g/mol. The van der Waals surface area contributed by atoms with Gasteiger partial charge in [0.25, 0.3) is 0 Å². The number of hydrogen-bond donors (Lipinski definition) is 8. The number of rotatable bonds is 38. The molecule has 10 atom stereocenters. The topological polar surface area (TPSA) is 250 Å². The average Bonchev–Trinajstić information content (AvgIpc) is 3.28. The summed E-state index contributed by atoms with van der Waals surface area (Å²) in [6, 6.07) is 0. The number of hydrogen-bond acceptors (Lipinski definition) is 14. The van der Waals surface area contributed by atoms with Crippen LogP contribution >= 0.6 is 7.82 Å². The number of aliphatic hydroxyl groups is 7. The maximum Gasteiger partial charge on any atom is 0.472 e. The molecule has 0 aromatic rings. The van der Waals surface area contributed by atoms with Gasteiger partial charge in [-0.1, -0.05) is 177 Å².